The fourth-order valence-electron chi connectivity index (χ4n) is 0.942. The molecule has 1 aromatic heterocycles. The van der Waals surface area contributed by atoms with Crippen LogP contribution in [0.3, 0.4) is 0 Å². The Labute approximate surface area is 99.2 Å². The van der Waals surface area contributed by atoms with E-state index in [0.717, 1.165) is 22.6 Å². The lowest BCUT2D eigenvalue weighted by Crippen LogP contribution is -2.18. The summed E-state index contributed by atoms with van der Waals surface area (Å²) in [5.41, 5.74) is 5.47. The molecule has 0 aliphatic carbocycles. The molecule has 0 aromatic carbocycles. The standard InChI is InChI=1S/C7H14N3O2S2Si/c1-11-15(12-2)5-3-4-13-7-10-9-6(8)14-7/h3-5H2,1-2H3,(H2,8,9)/q+1. The monoisotopic (exact) mass is 264 g/mol. The predicted octanol–water partition coefficient (Wildman–Crippen LogP) is 1.38. The number of rotatable bonds is 7. The Kier molecular flexibility index (Phi) is 6.18. The van der Waals surface area contributed by atoms with Crippen LogP contribution in [0, 0.1) is 0 Å². The van der Waals surface area contributed by atoms with E-state index in [9.17, 15) is 0 Å². The summed E-state index contributed by atoms with van der Waals surface area (Å²) in [6, 6.07) is 0.985. The lowest BCUT2D eigenvalue weighted by molar-refractivity contribution is 0.277. The molecule has 0 radical (unpaired) electrons. The van der Waals surface area contributed by atoms with Crippen molar-refractivity contribution in [2.24, 2.45) is 0 Å². The molecule has 0 atom stereocenters. The summed E-state index contributed by atoms with van der Waals surface area (Å²) < 4.78 is 11.3. The van der Waals surface area contributed by atoms with Crippen LogP contribution in [0.5, 0.6) is 0 Å². The second-order valence-electron chi connectivity index (χ2n) is 2.64. The molecule has 1 aromatic rings. The first kappa shape index (κ1) is 12.9. The highest BCUT2D eigenvalue weighted by Crippen LogP contribution is 2.24. The van der Waals surface area contributed by atoms with Crippen LogP contribution < -0.4 is 5.73 Å². The summed E-state index contributed by atoms with van der Waals surface area (Å²) in [6.07, 6.45) is 1.06. The van der Waals surface area contributed by atoms with Crippen molar-refractivity contribution >= 4 is 37.5 Å². The van der Waals surface area contributed by atoms with Crippen molar-refractivity contribution in [3.63, 3.8) is 0 Å². The first-order valence-electron chi connectivity index (χ1n) is 4.42. The topological polar surface area (TPSA) is 70.3 Å². The molecule has 0 saturated heterocycles. The number of nitrogens with two attached hydrogens (primary N) is 1. The number of thioether (sulfide) groups is 1. The van der Waals surface area contributed by atoms with E-state index in [4.69, 9.17) is 14.6 Å². The highest BCUT2D eigenvalue weighted by atomic mass is 32.2. The molecule has 0 bridgehead atoms. The van der Waals surface area contributed by atoms with Gasteiger partial charge in [0.05, 0.1) is 14.2 Å². The van der Waals surface area contributed by atoms with E-state index in [0.29, 0.717) is 5.13 Å². The van der Waals surface area contributed by atoms with E-state index in [1.807, 2.05) is 0 Å². The Bertz CT molecular complexity index is 283. The minimum absolute atomic E-state index is 0.524. The van der Waals surface area contributed by atoms with E-state index in [1.165, 1.54) is 11.3 Å². The van der Waals surface area contributed by atoms with Crippen molar-refractivity contribution in [3.05, 3.63) is 0 Å². The molecule has 8 heteroatoms. The molecule has 0 amide bonds. The van der Waals surface area contributed by atoms with E-state index >= 15 is 0 Å². The Hall–Kier alpha value is -0.153. The van der Waals surface area contributed by atoms with Crippen LogP contribution in [-0.2, 0) is 8.85 Å². The first-order chi connectivity index (χ1) is 7.26. The van der Waals surface area contributed by atoms with Gasteiger partial charge >= 0.3 is 9.28 Å². The maximum Gasteiger partial charge on any atom is 0.643 e. The van der Waals surface area contributed by atoms with Crippen LogP contribution in [0.1, 0.15) is 6.42 Å². The number of hydrogen-bond donors (Lipinski definition) is 1. The first-order valence-corrected chi connectivity index (χ1v) is 7.74. The Balaban J connectivity index is 2.11. The van der Waals surface area contributed by atoms with Gasteiger partial charge < -0.3 is 5.73 Å². The van der Waals surface area contributed by atoms with Gasteiger partial charge in [-0.05, 0) is 6.42 Å². The average molecular weight is 264 g/mol. The number of nitrogen functional groups attached to an aromatic ring is 1. The number of aromatic nitrogens is 2. The smallest absolute Gasteiger partial charge is 0.374 e. The van der Waals surface area contributed by atoms with Gasteiger partial charge in [0.25, 0.3) is 0 Å². The lowest BCUT2D eigenvalue weighted by atomic mass is 10.6. The summed E-state index contributed by atoms with van der Waals surface area (Å²) in [5, 5.41) is 8.19. The molecule has 1 heterocycles. The quantitative estimate of drug-likeness (QED) is 0.456. The van der Waals surface area contributed by atoms with E-state index < -0.39 is 9.28 Å². The van der Waals surface area contributed by atoms with Crippen molar-refractivity contribution < 1.29 is 8.85 Å². The van der Waals surface area contributed by atoms with E-state index in [2.05, 4.69) is 10.2 Å². The van der Waals surface area contributed by atoms with Gasteiger partial charge in [-0.15, -0.1) is 10.2 Å². The third kappa shape index (κ3) is 4.93. The lowest BCUT2D eigenvalue weighted by Gasteiger charge is -1.95. The predicted molar refractivity (Wildman–Crippen MR) is 64.2 cm³/mol. The normalized spacial score (nSPS) is 10.5. The maximum absolute atomic E-state index is 5.47. The highest BCUT2D eigenvalue weighted by molar-refractivity contribution is 8.01. The summed E-state index contributed by atoms with van der Waals surface area (Å²) in [5.74, 6) is 0.996. The zero-order valence-corrected chi connectivity index (χ0v) is 11.4. The molecule has 0 fully saturated rings. The van der Waals surface area contributed by atoms with Gasteiger partial charge in [0, 0.05) is 5.75 Å². The van der Waals surface area contributed by atoms with Crippen molar-refractivity contribution in [3.8, 4) is 0 Å². The van der Waals surface area contributed by atoms with Gasteiger partial charge in [-0.1, -0.05) is 23.1 Å². The van der Waals surface area contributed by atoms with Gasteiger partial charge in [0.15, 0.2) is 4.34 Å². The molecule has 5 nitrogen and oxygen atoms in total. The molecule has 2 N–H and O–H groups in total. The minimum Gasteiger partial charge on any atom is -0.374 e. The molecule has 1 rings (SSSR count). The second-order valence-corrected chi connectivity index (χ2v) is 7.05. The molecular formula is C7H14N3O2S2Si+. The zero-order chi connectivity index (χ0) is 11.1. The fraction of sp³-hybridized carbons (Fsp3) is 0.714. The maximum atomic E-state index is 5.47. The average Bonchev–Trinajstić information content (AvgIpc) is 2.65. The van der Waals surface area contributed by atoms with Crippen molar-refractivity contribution in [2.45, 2.75) is 16.8 Å². The van der Waals surface area contributed by atoms with Gasteiger partial charge in [-0.3, -0.25) is 0 Å². The van der Waals surface area contributed by atoms with Gasteiger partial charge in [-0.2, -0.15) is 0 Å². The summed E-state index contributed by atoms with van der Waals surface area (Å²) >= 11 is 3.10. The van der Waals surface area contributed by atoms with Gasteiger partial charge in [0.2, 0.25) is 5.13 Å². The molecule has 0 unspecified atom stereocenters. The Morgan fingerprint density at radius 1 is 1.40 bits per heavy atom. The summed E-state index contributed by atoms with van der Waals surface area (Å²) in [7, 11) is 2.34. The van der Waals surface area contributed by atoms with Crippen molar-refractivity contribution in [1.29, 1.82) is 0 Å². The third-order valence-corrected chi connectivity index (χ3v) is 5.27. The van der Waals surface area contributed by atoms with E-state index in [-0.39, 0.29) is 0 Å². The van der Waals surface area contributed by atoms with Gasteiger partial charge in [0.1, 0.15) is 6.04 Å². The second kappa shape index (κ2) is 7.18. The third-order valence-electron chi connectivity index (χ3n) is 1.63. The molecule has 0 saturated carbocycles. The molecule has 0 spiro atoms. The molecule has 15 heavy (non-hydrogen) atoms. The molecule has 0 aliphatic rings. The number of nitrogens with zero attached hydrogens (tertiary/aromatic N) is 2. The van der Waals surface area contributed by atoms with Crippen LogP contribution in [0.25, 0.3) is 0 Å². The minimum atomic E-state index is -1.04. The number of hydrogen-bond acceptors (Lipinski definition) is 7. The fourth-order valence-corrected chi connectivity index (χ4v) is 3.88. The molecule has 0 aliphatic heterocycles. The summed E-state index contributed by atoms with van der Waals surface area (Å²) in [4.78, 5) is 0. The van der Waals surface area contributed by atoms with Crippen LogP contribution in [-0.4, -0.2) is 39.5 Å². The van der Waals surface area contributed by atoms with Gasteiger partial charge in [-0.25, -0.2) is 8.85 Å². The van der Waals surface area contributed by atoms with Crippen LogP contribution in [0.2, 0.25) is 6.04 Å². The largest absolute Gasteiger partial charge is 0.643 e. The molecular weight excluding hydrogens is 250 g/mol. The zero-order valence-electron chi connectivity index (χ0n) is 8.73. The van der Waals surface area contributed by atoms with E-state index in [1.54, 1.807) is 26.0 Å². The SMILES string of the molecule is CO[Si+](CCCSc1nnc(N)s1)OC. The van der Waals surface area contributed by atoms with Crippen molar-refractivity contribution in [1.82, 2.24) is 10.2 Å². The Morgan fingerprint density at radius 2 is 2.13 bits per heavy atom. The van der Waals surface area contributed by atoms with Crippen LogP contribution >= 0.6 is 23.1 Å². The van der Waals surface area contributed by atoms with Crippen molar-refractivity contribution in [2.75, 3.05) is 25.7 Å². The molecule has 84 valence electrons. The highest BCUT2D eigenvalue weighted by Gasteiger charge is 2.28. The Morgan fingerprint density at radius 3 is 2.67 bits per heavy atom. The number of anilines is 1. The van der Waals surface area contributed by atoms with Crippen LogP contribution in [0.15, 0.2) is 4.34 Å². The summed E-state index contributed by atoms with van der Waals surface area (Å²) in [6.45, 7) is 0. The van der Waals surface area contributed by atoms with Crippen LogP contribution in [0.4, 0.5) is 5.13 Å².